The Labute approximate surface area is 193 Å². The van der Waals surface area contributed by atoms with Gasteiger partial charge in [0.1, 0.15) is 5.60 Å². The lowest BCUT2D eigenvalue weighted by Crippen LogP contribution is -2.40. The van der Waals surface area contributed by atoms with Gasteiger partial charge in [0.25, 0.3) is 0 Å². The SMILES string of the molecule is CC(C)(C)OC(=O)NCCN(Cc1ccc(CO)cc1)C(=S)Cc1ccc2[nH]ncc2c1. The monoisotopic (exact) mass is 454 g/mol. The minimum absolute atomic E-state index is 0.0126. The van der Waals surface area contributed by atoms with Crippen LogP contribution >= 0.6 is 12.2 Å². The van der Waals surface area contributed by atoms with Gasteiger partial charge in [0.15, 0.2) is 0 Å². The molecule has 0 atom stereocenters. The van der Waals surface area contributed by atoms with Gasteiger partial charge in [0.05, 0.1) is 23.3 Å². The molecule has 0 spiro atoms. The molecule has 8 heteroatoms. The molecule has 0 radical (unpaired) electrons. The van der Waals surface area contributed by atoms with Crippen LogP contribution in [0.5, 0.6) is 0 Å². The van der Waals surface area contributed by atoms with Gasteiger partial charge in [-0.1, -0.05) is 42.5 Å². The normalized spacial score (nSPS) is 11.4. The molecule has 2 aromatic carbocycles. The predicted molar refractivity (Wildman–Crippen MR) is 129 cm³/mol. The summed E-state index contributed by atoms with van der Waals surface area (Å²) in [5.74, 6) is 0. The van der Waals surface area contributed by atoms with Crippen molar-refractivity contribution < 1.29 is 14.6 Å². The number of nitrogens with one attached hydrogen (secondary N) is 2. The first-order valence-corrected chi connectivity index (χ1v) is 11.0. The van der Waals surface area contributed by atoms with Crippen LogP contribution in [-0.4, -0.2) is 50.0 Å². The van der Waals surface area contributed by atoms with E-state index in [1.165, 1.54) is 0 Å². The summed E-state index contributed by atoms with van der Waals surface area (Å²) in [6.45, 7) is 7.08. The second-order valence-corrected chi connectivity index (χ2v) is 9.16. The van der Waals surface area contributed by atoms with Crippen LogP contribution in [0, 0.1) is 0 Å². The Hall–Kier alpha value is -2.97. The van der Waals surface area contributed by atoms with E-state index in [4.69, 9.17) is 17.0 Å². The predicted octanol–water partition coefficient (Wildman–Crippen LogP) is 3.95. The molecule has 1 heterocycles. The maximum Gasteiger partial charge on any atom is 0.407 e. The summed E-state index contributed by atoms with van der Waals surface area (Å²) in [4.78, 5) is 14.9. The number of amides is 1. The van der Waals surface area contributed by atoms with E-state index < -0.39 is 11.7 Å². The van der Waals surface area contributed by atoms with E-state index in [9.17, 15) is 9.90 Å². The fraction of sp³-hybridized carbons (Fsp3) is 0.375. The lowest BCUT2D eigenvalue weighted by molar-refractivity contribution is 0.0525. The van der Waals surface area contributed by atoms with Crippen molar-refractivity contribution in [2.45, 2.75) is 45.9 Å². The molecule has 0 aliphatic rings. The van der Waals surface area contributed by atoms with E-state index >= 15 is 0 Å². The van der Waals surface area contributed by atoms with Crippen molar-refractivity contribution in [2.75, 3.05) is 13.1 Å². The van der Waals surface area contributed by atoms with Gasteiger partial charge >= 0.3 is 6.09 Å². The van der Waals surface area contributed by atoms with E-state index in [-0.39, 0.29) is 6.61 Å². The summed E-state index contributed by atoms with van der Waals surface area (Å²) in [5.41, 5.74) is 3.49. The molecular formula is C24H30N4O3S. The molecule has 0 unspecified atom stereocenters. The molecule has 7 nitrogen and oxygen atoms in total. The zero-order valence-electron chi connectivity index (χ0n) is 18.7. The number of aromatic amines is 1. The number of aromatic nitrogens is 2. The number of alkyl carbamates (subject to hydrolysis) is 1. The fourth-order valence-corrected chi connectivity index (χ4v) is 3.58. The van der Waals surface area contributed by atoms with Crippen LogP contribution in [0.25, 0.3) is 10.9 Å². The maximum absolute atomic E-state index is 12.0. The molecule has 0 saturated carbocycles. The van der Waals surface area contributed by atoms with Crippen LogP contribution in [-0.2, 0) is 24.3 Å². The van der Waals surface area contributed by atoms with E-state index in [1.54, 1.807) is 6.20 Å². The molecule has 0 saturated heterocycles. The highest BCUT2D eigenvalue weighted by Gasteiger charge is 2.17. The van der Waals surface area contributed by atoms with Gasteiger partial charge in [-0.25, -0.2) is 4.79 Å². The van der Waals surface area contributed by atoms with Gasteiger partial charge < -0.3 is 20.1 Å². The standard InChI is InChI=1S/C24H30N4O3S/c1-24(2,3)31-23(30)25-10-11-28(15-17-4-6-18(16-29)7-5-17)22(32)13-19-8-9-21-20(12-19)14-26-27-21/h4-9,12,14,29H,10-11,13,15-16H2,1-3H3,(H,25,30)(H,26,27). The lowest BCUT2D eigenvalue weighted by atomic mass is 10.1. The number of fused-ring (bicyclic) bond motifs is 1. The Morgan fingerprint density at radius 3 is 2.53 bits per heavy atom. The number of carbonyl (C=O) groups is 1. The number of ether oxygens (including phenoxy) is 1. The average Bonchev–Trinajstić information content (AvgIpc) is 3.20. The van der Waals surface area contributed by atoms with Gasteiger partial charge in [-0.05, 0) is 49.6 Å². The van der Waals surface area contributed by atoms with Crippen molar-refractivity contribution in [1.82, 2.24) is 20.4 Å². The summed E-state index contributed by atoms with van der Waals surface area (Å²) in [7, 11) is 0. The Balaban J connectivity index is 1.67. The first-order chi connectivity index (χ1) is 15.2. The molecule has 0 fully saturated rings. The maximum atomic E-state index is 12.0. The number of benzene rings is 2. The average molecular weight is 455 g/mol. The van der Waals surface area contributed by atoms with Crippen LogP contribution in [0.15, 0.2) is 48.7 Å². The minimum Gasteiger partial charge on any atom is -0.444 e. The zero-order chi connectivity index (χ0) is 23.1. The molecule has 1 aromatic heterocycles. The quantitative estimate of drug-likeness (QED) is 0.447. The number of H-pyrrole nitrogens is 1. The first kappa shape index (κ1) is 23.7. The molecule has 3 rings (SSSR count). The van der Waals surface area contributed by atoms with E-state index in [0.717, 1.165) is 32.6 Å². The lowest BCUT2D eigenvalue weighted by Gasteiger charge is -2.26. The number of rotatable bonds is 8. The van der Waals surface area contributed by atoms with Crippen molar-refractivity contribution in [2.24, 2.45) is 0 Å². The van der Waals surface area contributed by atoms with Crippen molar-refractivity contribution in [3.8, 4) is 0 Å². The molecule has 32 heavy (non-hydrogen) atoms. The third-order valence-corrected chi connectivity index (χ3v) is 5.24. The molecule has 0 aliphatic carbocycles. The Bertz CT molecular complexity index is 1060. The summed E-state index contributed by atoms with van der Waals surface area (Å²) in [6, 6.07) is 13.9. The molecular weight excluding hydrogens is 424 g/mol. The zero-order valence-corrected chi connectivity index (χ0v) is 19.5. The topological polar surface area (TPSA) is 90.5 Å². The number of aliphatic hydroxyl groups excluding tert-OH is 1. The number of thiocarbonyl (C=S) groups is 1. The van der Waals surface area contributed by atoms with Crippen molar-refractivity contribution >= 4 is 34.2 Å². The molecule has 3 aromatic rings. The highest BCUT2D eigenvalue weighted by molar-refractivity contribution is 7.80. The van der Waals surface area contributed by atoms with E-state index in [2.05, 4.69) is 26.5 Å². The van der Waals surface area contributed by atoms with Gasteiger partial charge in [0.2, 0.25) is 0 Å². The molecule has 3 N–H and O–H groups in total. The Kier molecular flexibility index (Phi) is 7.82. The Morgan fingerprint density at radius 1 is 1.16 bits per heavy atom. The van der Waals surface area contributed by atoms with Crippen LogP contribution in [0.4, 0.5) is 4.79 Å². The highest BCUT2D eigenvalue weighted by Crippen LogP contribution is 2.16. The van der Waals surface area contributed by atoms with Crippen molar-refractivity contribution in [1.29, 1.82) is 0 Å². The molecule has 0 bridgehead atoms. The molecule has 170 valence electrons. The highest BCUT2D eigenvalue weighted by atomic mass is 32.1. The summed E-state index contributed by atoms with van der Waals surface area (Å²) >= 11 is 5.79. The van der Waals surface area contributed by atoms with Gasteiger partial charge in [-0.15, -0.1) is 0 Å². The van der Waals surface area contributed by atoms with E-state index in [0.29, 0.717) is 26.1 Å². The Morgan fingerprint density at radius 2 is 1.84 bits per heavy atom. The minimum atomic E-state index is -0.542. The smallest absolute Gasteiger partial charge is 0.407 e. The summed E-state index contributed by atoms with van der Waals surface area (Å²) < 4.78 is 5.32. The van der Waals surface area contributed by atoms with Crippen molar-refractivity contribution in [3.63, 3.8) is 0 Å². The second kappa shape index (κ2) is 10.6. The first-order valence-electron chi connectivity index (χ1n) is 10.6. The number of carbonyl (C=O) groups excluding carboxylic acids is 1. The van der Waals surface area contributed by atoms with Crippen LogP contribution in [0.1, 0.15) is 37.5 Å². The number of hydrogen-bond acceptors (Lipinski definition) is 5. The molecule has 1 amide bonds. The largest absolute Gasteiger partial charge is 0.444 e. The summed E-state index contributed by atoms with van der Waals surface area (Å²) in [6.07, 6.45) is 1.96. The van der Waals surface area contributed by atoms with Crippen LogP contribution in [0.3, 0.4) is 0 Å². The van der Waals surface area contributed by atoms with Gasteiger partial charge in [-0.2, -0.15) is 5.10 Å². The fourth-order valence-electron chi connectivity index (χ4n) is 3.26. The summed E-state index contributed by atoms with van der Waals surface area (Å²) in [5, 5.41) is 20.2. The third-order valence-electron chi connectivity index (χ3n) is 4.84. The number of aliphatic hydroxyl groups is 1. The van der Waals surface area contributed by atoms with Crippen LogP contribution in [0.2, 0.25) is 0 Å². The number of hydrogen-bond donors (Lipinski definition) is 3. The van der Waals surface area contributed by atoms with Crippen molar-refractivity contribution in [3.05, 3.63) is 65.4 Å². The van der Waals surface area contributed by atoms with Gasteiger partial charge in [0, 0.05) is 31.4 Å². The third kappa shape index (κ3) is 7.03. The molecule has 0 aliphatic heterocycles. The van der Waals surface area contributed by atoms with Crippen LogP contribution < -0.4 is 5.32 Å². The number of nitrogens with zero attached hydrogens (tertiary/aromatic N) is 2. The van der Waals surface area contributed by atoms with Gasteiger partial charge in [-0.3, -0.25) is 5.10 Å². The second-order valence-electron chi connectivity index (χ2n) is 8.69. The van der Waals surface area contributed by atoms with E-state index in [1.807, 2.05) is 57.2 Å².